The van der Waals surface area contributed by atoms with E-state index >= 15 is 0 Å². The zero-order valence-corrected chi connectivity index (χ0v) is 18.9. The Morgan fingerprint density at radius 1 is 1.00 bits per heavy atom. The molecule has 138 valence electrons. The van der Waals surface area contributed by atoms with Crippen LogP contribution in [0.15, 0.2) is 0 Å². The van der Waals surface area contributed by atoms with Crippen LogP contribution in [-0.2, 0) is 0 Å². The van der Waals surface area contributed by atoms with Crippen molar-refractivity contribution in [3.63, 3.8) is 0 Å². The number of quaternary nitrogens is 2. The topological polar surface area (TPSA) is 0 Å². The molecule has 2 aliphatic rings. The van der Waals surface area contributed by atoms with Crippen LogP contribution in [0.25, 0.3) is 0 Å². The lowest BCUT2D eigenvalue weighted by molar-refractivity contribution is -0.923. The minimum Gasteiger partial charge on any atom is -1.00 e. The van der Waals surface area contributed by atoms with Gasteiger partial charge in [0.25, 0.3) is 0 Å². The van der Waals surface area contributed by atoms with E-state index in [1.54, 1.807) is 0 Å². The fraction of sp³-hybridized carbons (Fsp3) is 1.00. The average Bonchev–Trinajstić information content (AvgIpc) is 2.42. The Bertz CT molecular complexity index is 341. The van der Waals surface area contributed by atoms with Crippen molar-refractivity contribution in [1.29, 1.82) is 0 Å². The van der Waals surface area contributed by atoms with Gasteiger partial charge in [0.1, 0.15) is 0 Å². The predicted molar refractivity (Wildman–Crippen MR) is 96.8 cm³/mol. The average molecular weight is 437 g/mol. The van der Waals surface area contributed by atoms with Gasteiger partial charge in [-0.05, 0) is 42.9 Å². The Balaban J connectivity index is 0.00000264. The molecular formula is C20H42IN2+. The van der Waals surface area contributed by atoms with Gasteiger partial charge in [0, 0.05) is 19.3 Å². The maximum absolute atomic E-state index is 2.52. The summed E-state index contributed by atoms with van der Waals surface area (Å²) in [5, 5.41) is 0. The summed E-state index contributed by atoms with van der Waals surface area (Å²) in [7, 11) is 9.47. The molecule has 23 heavy (non-hydrogen) atoms. The van der Waals surface area contributed by atoms with Crippen molar-refractivity contribution in [3.8, 4) is 0 Å². The number of hydrogen-bond donors (Lipinski definition) is 0. The third-order valence-electron chi connectivity index (χ3n) is 6.92. The smallest absolute Gasteiger partial charge is 0.0838 e. The van der Waals surface area contributed by atoms with Crippen molar-refractivity contribution in [2.24, 2.45) is 17.3 Å². The summed E-state index contributed by atoms with van der Waals surface area (Å²) in [5.41, 5.74) is 0.739. The lowest BCUT2D eigenvalue weighted by atomic mass is 9.63. The van der Waals surface area contributed by atoms with Crippen LogP contribution in [0, 0.1) is 17.3 Å². The van der Waals surface area contributed by atoms with Crippen LogP contribution in [0.3, 0.4) is 0 Å². The monoisotopic (exact) mass is 437 g/mol. The lowest BCUT2D eigenvalue weighted by Crippen LogP contribution is -3.00. The summed E-state index contributed by atoms with van der Waals surface area (Å²) < 4.78 is 2.45. The maximum Gasteiger partial charge on any atom is 0.0838 e. The standard InChI is InChI=1S/C20H42N2.HI/c1-18(2)19-8-10-20(11-9-19)12-16-22(6,17-13-20)15-7-14-21(3,4)5;/h18-19H,7-17H2,1-6H3;1H/q+2;/p-1. The van der Waals surface area contributed by atoms with Gasteiger partial charge in [-0.1, -0.05) is 13.8 Å². The van der Waals surface area contributed by atoms with Crippen molar-refractivity contribution in [1.82, 2.24) is 0 Å². The van der Waals surface area contributed by atoms with E-state index in [-0.39, 0.29) is 24.0 Å². The quantitative estimate of drug-likeness (QED) is 0.448. The second-order valence-electron chi connectivity index (χ2n) is 10.2. The van der Waals surface area contributed by atoms with Gasteiger partial charge < -0.3 is 32.9 Å². The molecule has 1 heterocycles. The van der Waals surface area contributed by atoms with E-state index in [2.05, 4.69) is 42.0 Å². The third kappa shape index (κ3) is 6.47. The van der Waals surface area contributed by atoms with Gasteiger partial charge in [-0.2, -0.15) is 0 Å². The third-order valence-corrected chi connectivity index (χ3v) is 6.92. The fourth-order valence-electron chi connectivity index (χ4n) is 4.82. The summed E-state index contributed by atoms with van der Waals surface area (Å²) >= 11 is 0. The highest BCUT2D eigenvalue weighted by Gasteiger charge is 2.42. The van der Waals surface area contributed by atoms with E-state index < -0.39 is 0 Å². The molecular weight excluding hydrogens is 395 g/mol. The molecule has 2 nitrogen and oxygen atoms in total. The number of nitrogens with zero attached hydrogens (tertiary/aromatic N) is 2. The Kier molecular flexibility index (Phi) is 7.88. The van der Waals surface area contributed by atoms with Crippen molar-refractivity contribution in [2.45, 2.75) is 58.8 Å². The first-order valence-corrected chi connectivity index (χ1v) is 9.77. The van der Waals surface area contributed by atoms with Crippen LogP contribution in [0.1, 0.15) is 58.8 Å². The largest absolute Gasteiger partial charge is 1.00 e. The Hall–Kier alpha value is 0.650. The molecule has 3 heteroatoms. The number of halogens is 1. The normalized spacial score (nSPS) is 35.3. The molecule has 0 N–H and O–H groups in total. The van der Waals surface area contributed by atoms with Crippen LogP contribution in [0.4, 0.5) is 0 Å². The molecule has 0 radical (unpaired) electrons. The molecule has 2 rings (SSSR count). The van der Waals surface area contributed by atoms with E-state index in [1.165, 1.54) is 75.6 Å². The van der Waals surface area contributed by atoms with Gasteiger partial charge in [-0.25, -0.2) is 0 Å². The van der Waals surface area contributed by atoms with Crippen LogP contribution in [0.2, 0.25) is 0 Å². The predicted octanol–water partition coefficient (Wildman–Crippen LogP) is 1.16. The second kappa shape index (κ2) is 8.35. The Labute approximate surface area is 163 Å². The maximum atomic E-state index is 2.52. The molecule has 0 unspecified atom stereocenters. The molecule has 0 atom stereocenters. The van der Waals surface area contributed by atoms with Gasteiger partial charge in [0.2, 0.25) is 0 Å². The van der Waals surface area contributed by atoms with Gasteiger partial charge in [0.05, 0.1) is 54.4 Å². The van der Waals surface area contributed by atoms with Crippen LogP contribution < -0.4 is 24.0 Å². The summed E-state index contributed by atoms with van der Waals surface area (Å²) in [6.07, 6.45) is 10.4. The van der Waals surface area contributed by atoms with E-state index in [0.717, 1.165) is 21.7 Å². The van der Waals surface area contributed by atoms with E-state index in [9.17, 15) is 0 Å². The molecule has 0 aromatic heterocycles. The number of rotatable bonds is 5. The first kappa shape index (κ1) is 21.7. The molecule has 1 aliphatic heterocycles. The molecule has 0 aromatic carbocycles. The van der Waals surface area contributed by atoms with Crippen molar-refractivity contribution in [3.05, 3.63) is 0 Å². The molecule has 0 aromatic rings. The molecule has 1 saturated carbocycles. The summed E-state index contributed by atoms with van der Waals surface area (Å²) in [4.78, 5) is 0. The highest BCUT2D eigenvalue weighted by molar-refractivity contribution is 4.88. The molecule has 0 amide bonds. The zero-order chi connectivity index (χ0) is 16.4. The van der Waals surface area contributed by atoms with E-state index in [1.807, 2.05) is 0 Å². The van der Waals surface area contributed by atoms with E-state index in [0.29, 0.717) is 0 Å². The fourth-order valence-corrected chi connectivity index (χ4v) is 4.82. The Morgan fingerprint density at radius 2 is 1.52 bits per heavy atom. The van der Waals surface area contributed by atoms with Gasteiger partial charge in [0.15, 0.2) is 0 Å². The number of likely N-dealkylation sites (tertiary alicyclic amines) is 1. The summed E-state index contributed by atoms with van der Waals surface area (Å²) in [6.45, 7) is 10.4. The molecule has 1 spiro atoms. The molecule has 2 fully saturated rings. The first-order valence-electron chi connectivity index (χ1n) is 9.77. The second-order valence-corrected chi connectivity index (χ2v) is 10.2. The van der Waals surface area contributed by atoms with Crippen LogP contribution >= 0.6 is 0 Å². The minimum atomic E-state index is 0. The number of piperidine rings is 1. The molecule has 0 bridgehead atoms. The van der Waals surface area contributed by atoms with Gasteiger partial charge in [-0.3, -0.25) is 0 Å². The van der Waals surface area contributed by atoms with Crippen molar-refractivity contribution < 1.29 is 32.9 Å². The first-order chi connectivity index (χ1) is 10.1. The highest BCUT2D eigenvalue weighted by atomic mass is 127. The SMILES string of the molecule is CC(C)C1CCC2(CC1)CC[N+](C)(CCC[N+](C)(C)C)CC2.[I-]. The summed E-state index contributed by atoms with van der Waals surface area (Å²) in [5.74, 6) is 1.91. The zero-order valence-electron chi connectivity index (χ0n) is 16.7. The van der Waals surface area contributed by atoms with Crippen molar-refractivity contribution in [2.75, 3.05) is 54.4 Å². The summed E-state index contributed by atoms with van der Waals surface area (Å²) in [6, 6.07) is 0. The van der Waals surface area contributed by atoms with E-state index in [4.69, 9.17) is 0 Å². The van der Waals surface area contributed by atoms with Crippen LogP contribution in [0.5, 0.6) is 0 Å². The van der Waals surface area contributed by atoms with Gasteiger partial charge in [-0.15, -0.1) is 0 Å². The van der Waals surface area contributed by atoms with Gasteiger partial charge >= 0.3 is 0 Å². The minimum absolute atomic E-state index is 0. The van der Waals surface area contributed by atoms with Crippen molar-refractivity contribution >= 4 is 0 Å². The number of hydrogen-bond acceptors (Lipinski definition) is 0. The molecule has 1 saturated heterocycles. The highest BCUT2D eigenvalue weighted by Crippen LogP contribution is 2.48. The Morgan fingerprint density at radius 3 is 1.96 bits per heavy atom. The lowest BCUT2D eigenvalue weighted by Gasteiger charge is -2.49. The molecule has 1 aliphatic carbocycles. The van der Waals surface area contributed by atoms with Crippen LogP contribution in [-0.4, -0.2) is 63.3 Å².